The van der Waals surface area contributed by atoms with E-state index < -0.39 is 18.2 Å². The fraction of sp³-hybridized carbons (Fsp3) is 1.00. The third-order valence-corrected chi connectivity index (χ3v) is 4.65. The number of unbranched alkanes of at least 4 members (excludes halogenated alkanes) is 12. The largest absolute Gasteiger partial charge is 0.395 e. The van der Waals surface area contributed by atoms with E-state index in [4.69, 9.17) is 10.8 Å². The Morgan fingerprint density at radius 2 is 1.09 bits per heavy atom. The average molecular weight is 332 g/mol. The standard InChI is InChI=1S/C19H41NO3/c1-2-3-4-5-6-7-8-9-10-11-12-13-14-15-18(22)19(23)17(20)16-21/h17-19,21-23H,2-16,20H2,1H3. The first-order valence-electron chi connectivity index (χ1n) is 9.86. The SMILES string of the molecule is CCCCCCCCCCCCCCCC(O)C(O)C(N)CO. The molecule has 0 radical (unpaired) electrons. The molecule has 140 valence electrons. The van der Waals surface area contributed by atoms with Crippen molar-refractivity contribution in [3.8, 4) is 0 Å². The Labute approximate surface area is 143 Å². The summed E-state index contributed by atoms with van der Waals surface area (Å²) in [6.45, 7) is 1.96. The van der Waals surface area contributed by atoms with E-state index in [9.17, 15) is 10.2 Å². The van der Waals surface area contributed by atoms with Crippen molar-refractivity contribution in [2.75, 3.05) is 6.61 Å². The maximum Gasteiger partial charge on any atom is 0.0971 e. The van der Waals surface area contributed by atoms with Crippen LogP contribution in [0.3, 0.4) is 0 Å². The number of hydrogen-bond donors (Lipinski definition) is 4. The molecular formula is C19H41NO3. The van der Waals surface area contributed by atoms with Gasteiger partial charge in [-0.15, -0.1) is 0 Å². The highest BCUT2D eigenvalue weighted by atomic mass is 16.3. The molecule has 0 aromatic carbocycles. The molecule has 0 aromatic rings. The molecule has 0 heterocycles. The van der Waals surface area contributed by atoms with Gasteiger partial charge in [0.15, 0.2) is 0 Å². The third kappa shape index (κ3) is 13.9. The predicted octanol–water partition coefficient (Wildman–Crippen LogP) is 3.51. The van der Waals surface area contributed by atoms with Crippen molar-refractivity contribution >= 4 is 0 Å². The van der Waals surface area contributed by atoms with E-state index in [1.54, 1.807) is 0 Å². The first kappa shape index (κ1) is 22.8. The Balaban J connectivity index is 3.24. The van der Waals surface area contributed by atoms with Gasteiger partial charge in [-0.25, -0.2) is 0 Å². The van der Waals surface area contributed by atoms with Crippen molar-refractivity contribution in [2.24, 2.45) is 5.73 Å². The molecule has 0 spiro atoms. The molecule has 0 bridgehead atoms. The normalized spacial score (nSPS) is 15.5. The van der Waals surface area contributed by atoms with Gasteiger partial charge >= 0.3 is 0 Å². The molecule has 0 rings (SSSR count). The number of aliphatic hydroxyl groups is 3. The van der Waals surface area contributed by atoms with Gasteiger partial charge in [-0.2, -0.15) is 0 Å². The van der Waals surface area contributed by atoms with Crippen LogP contribution in [-0.2, 0) is 0 Å². The highest BCUT2D eigenvalue weighted by Crippen LogP contribution is 2.14. The second-order valence-corrected chi connectivity index (χ2v) is 6.94. The minimum Gasteiger partial charge on any atom is -0.395 e. The monoisotopic (exact) mass is 331 g/mol. The summed E-state index contributed by atoms with van der Waals surface area (Å²) in [6, 6.07) is -0.744. The topological polar surface area (TPSA) is 86.7 Å². The van der Waals surface area contributed by atoms with Crippen molar-refractivity contribution in [2.45, 2.75) is 115 Å². The maximum absolute atomic E-state index is 9.76. The molecule has 0 saturated heterocycles. The summed E-state index contributed by atoms with van der Waals surface area (Å²) in [5.74, 6) is 0. The fourth-order valence-electron chi connectivity index (χ4n) is 2.94. The van der Waals surface area contributed by atoms with Gasteiger partial charge in [0, 0.05) is 0 Å². The minimum absolute atomic E-state index is 0.295. The summed E-state index contributed by atoms with van der Waals surface area (Å²) in [5, 5.41) is 28.2. The maximum atomic E-state index is 9.76. The first-order valence-corrected chi connectivity index (χ1v) is 9.86. The van der Waals surface area contributed by atoms with E-state index >= 15 is 0 Å². The van der Waals surface area contributed by atoms with Gasteiger partial charge in [0.1, 0.15) is 0 Å². The van der Waals surface area contributed by atoms with Crippen molar-refractivity contribution in [3.63, 3.8) is 0 Å². The molecule has 0 aromatic heterocycles. The molecular weight excluding hydrogens is 290 g/mol. The molecule has 5 N–H and O–H groups in total. The molecule has 0 fully saturated rings. The van der Waals surface area contributed by atoms with Gasteiger partial charge < -0.3 is 21.1 Å². The van der Waals surface area contributed by atoms with Crippen LogP contribution < -0.4 is 5.73 Å². The van der Waals surface area contributed by atoms with Crippen LogP contribution in [0.1, 0.15) is 96.8 Å². The smallest absolute Gasteiger partial charge is 0.0971 e. The van der Waals surface area contributed by atoms with Crippen molar-refractivity contribution in [3.05, 3.63) is 0 Å². The molecule has 0 aliphatic carbocycles. The average Bonchev–Trinajstić information content (AvgIpc) is 2.57. The third-order valence-electron chi connectivity index (χ3n) is 4.65. The van der Waals surface area contributed by atoms with E-state index in [2.05, 4.69) is 6.92 Å². The number of nitrogens with two attached hydrogens (primary N) is 1. The highest BCUT2D eigenvalue weighted by molar-refractivity contribution is 4.77. The van der Waals surface area contributed by atoms with E-state index in [1.165, 1.54) is 70.6 Å². The molecule has 23 heavy (non-hydrogen) atoms. The molecule has 0 amide bonds. The highest BCUT2D eigenvalue weighted by Gasteiger charge is 2.22. The van der Waals surface area contributed by atoms with E-state index in [0.717, 1.165) is 12.8 Å². The summed E-state index contributed by atoms with van der Waals surface area (Å²) >= 11 is 0. The van der Waals surface area contributed by atoms with E-state index in [0.29, 0.717) is 6.42 Å². The summed E-state index contributed by atoms with van der Waals surface area (Å²) in [7, 11) is 0. The summed E-state index contributed by atoms with van der Waals surface area (Å²) in [4.78, 5) is 0. The van der Waals surface area contributed by atoms with Crippen LogP contribution in [0.25, 0.3) is 0 Å². The second kappa shape index (κ2) is 16.7. The Hall–Kier alpha value is -0.160. The van der Waals surface area contributed by atoms with Crippen molar-refractivity contribution < 1.29 is 15.3 Å². The molecule has 0 aliphatic heterocycles. The quantitative estimate of drug-likeness (QED) is 0.307. The second-order valence-electron chi connectivity index (χ2n) is 6.94. The van der Waals surface area contributed by atoms with Gasteiger partial charge in [-0.1, -0.05) is 90.4 Å². The summed E-state index contributed by atoms with van der Waals surface area (Å²) in [6.07, 6.45) is 15.5. The lowest BCUT2D eigenvalue weighted by molar-refractivity contribution is -0.0121. The summed E-state index contributed by atoms with van der Waals surface area (Å²) < 4.78 is 0. The van der Waals surface area contributed by atoms with Crippen LogP contribution in [0.5, 0.6) is 0 Å². The first-order chi connectivity index (χ1) is 11.1. The van der Waals surface area contributed by atoms with E-state index in [-0.39, 0.29) is 6.61 Å². The lowest BCUT2D eigenvalue weighted by Gasteiger charge is -2.22. The lowest BCUT2D eigenvalue weighted by Crippen LogP contribution is -2.45. The molecule has 4 nitrogen and oxygen atoms in total. The molecule has 0 saturated carbocycles. The van der Waals surface area contributed by atoms with Crippen LogP contribution >= 0.6 is 0 Å². The fourth-order valence-corrected chi connectivity index (χ4v) is 2.94. The van der Waals surface area contributed by atoms with Gasteiger partial charge in [0.25, 0.3) is 0 Å². The Kier molecular flexibility index (Phi) is 16.6. The zero-order chi connectivity index (χ0) is 17.3. The Bertz CT molecular complexity index is 239. The van der Waals surface area contributed by atoms with Crippen LogP contribution in [0.4, 0.5) is 0 Å². The minimum atomic E-state index is -1.02. The van der Waals surface area contributed by atoms with Crippen molar-refractivity contribution in [1.29, 1.82) is 0 Å². The molecule has 3 atom stereocenters. The molecule has 3 unspecified atom stereocenters. The van der Waals surface area contributed by atoms with Crippen LogP contribution in [0.15, 0.2) is 0 Å². The zero-order valence-electron chi connectivity index (χ0n) is 15.3. The van der Waals surface area contributed by atoms with Gasteiger partial charge in [-0.3, -0.25) is 0 Å². The molecule has 0 aliphatic rings. The van der Waals surface area contributed by atoms with E-state index in [1.807, 2.05) is 0 Å². The number of aliphatic hydroxyl groups excluding tert-OH is 3. The van der Waals surface area contributed by atoms with Crippen LogP contribution in [0, 0.1) is 0 Å². The zero-order valence-corrected chi connectivity index (χ0v) is 15.3. The lowest BCUT2D eigenvalue weighted by atomic mass is 10.00. The van der Waals surface area contributed by atoms with Crippen LogP contribution in [0.2, 0.25) is 0 Å². The van der Waals surface area contributed by atoms with Gasteiger partial charge in [-0.05, 0) is 6.42 Å². The van der Waals surface area contributed by atoms with Gasteiger partial charge in [0.2, 0.25) is 0 Å². The van der Waals surface area contributed by atoms with Crippen LogP contribution in [-0.4, -0.2) is 40.2 Å². The Morgan fingerprint density at radius 3 is 1.48 bits per heavy atom. The predicted molar refractivity (Wildman–Crippen MR) is 97.4 cm³/mol. The number of hydrogen-bond acceptors (Lipinski definition) is 4. The summed E-state index contributed by atoms with van der Waals surface area (Å²) in [5.41, 5.74) is 5.50. The molecule has 4 heteroatoms. The van der Waals surface area contributed by atoms with Gasteiger partial charge in [0.05, 0.1) is 24.9 Å². The number of rotatable bonds is 17. The Morgan fingerprint density at radius 1 is 0.696 bits per heavy atom. The van der Waals surface area contributed by atoms with Crippen molar-refractivity contribution in [1.82, 2.24) is 0 Å².